The maximum atomic E-state index is 13.2. The van der Waals surface area contributed by atoms with Crippen molar-refractivity contribution in [3.8, 4) is 10.4 Å². The molecule has 5 rings (SSSR count). The Morgan fingerprint density at radius 2 is 1.77 bits per heavy atom. The molecule has 1 aromatic heterocycles. The zero-order chi connectivity index (χ0) is 17.7. The smallest absolute Gasteiger partial charge is 0.268 e. The molecule has 26 heavy (non-hydrogen) atoms. The minimum absolute atomic E-state index is 0.0506. The highest BCUT2D eigenvalue weighted by atomic mass is 32.1. The van der Waals surface area contributed by atoms with Gasteiger partial charge in [-0.25, -0.2) is 0 Å². The van der Waals surface area contributed by atoms with Crippen LogP contribution in [-0.4, -0.2) is 18.4 Å². The number of anilines is 2. The molecule has 1 aliphatic carbocycles. The fourth-order valence-corrected chi connectivity index (χ4v) is 4.94. The first-order valence-electron chi connectivity index (χ1n) is 8.62. The molecule has 1 aliphatic heterocycles. The number of fused-ring (bicyclic) bond motifs is 4. The van der Waals surface area contributed by atoms with Gasteiger partial charge in [-0.05, 0) is 47.7 Å². The van der Waals surface area contributed by atoms with E-state index in [1.807, 2.05) is 36.4 Å². The van der Waals surface area contributed by atoms with Gasteiger partial charge in [-0.3, -0.25) is 14.5 Å². The zero-order valence-electron chi connectivity index (χ0n) is 14.0. The first-order valence-corrected chi connectivity index (χ1v) is 9.44. The molecule has 3 aromatic rings. The summed E-state index contributed by atoms with van der Waals surface area (Å²) in [5.74, 6) is -0.270. The number of nitrogens with one attached hydrogen (secondary N) is 1. The number of hydrogen-bond acceptors (Lipinski definition) is 3. The third kappa shape index (κ3) is 2.35. The summed E-state index contributed by atoms with van der Waals surface area (Å²) in [4.78, 5) is 28.7. The second-order valence-corrected chi connectivity index (χ2v) is 7.63. The van der Waals surface area contributed by atoms with E-state index in [-0.39, 0.29) is 18.4 Å². The molecule has 2 aromatic carbocycles. The van der Waals surface area contributed by atoms with E-state index in [1.165, 1.54) is 32.9 Å². The molecule has 1 N–H and O–H groups in total. The van der Waals surface area contributed by atoms with Crippen molar-refractivity contribution >= 4 is 34.5 Å². The summed E-state index contributed by atoms with van der Waals surface area (Å²) in [5.41, 5.74) is 5.23. The van der Waals surface area contributed by atoms with Crippen molar-refractivity contribution < 1.29 is 9.59 Å². The lowest BCUT2D eigenvalue weighted by atomic mass is 9.91. The lowest BCUT2D eigenvalue weighted by Gasteiger charge is -2.28. The summed E-state index contributed by atoms with van der Waals surface area (Å²) < 4.78 is 0. The number of para-hydroxylation sites is 2. The van der Waals surface area contributed by atoms with Crippen LogP contribution in [0.5, 0.6) is 0 Å². The van der Waals surface area contributed by atoms with Crippen molar-refractivity contribution in [3.05, 3.63) is 70.6 Å². The molecular formula is C21H16N2O2S. The SMILES string of the molecule is O=C1CN(C(=O)c2cc3c(s2)-c2ccccc2CC3)c2ccccc2N1. The van der Waals surface area contributed by atoms with Gasteiger partial charge in [0.2, 0.25) is 5.91 Å². The number of carbonyl (C=O) groups excluding carboxylic acids is 2. The molecule has 0 atom stereocenters. The predicted molar refractivity (Wildman–Crippen MR) is 104 cm³/mol. The first kappa shape index (κ1) is 15.3. The third-order valence-corrected chi connectivity index (χ3v) is 6.16. The van der Waals surface area contributed by atoms with Gasteiger partial charge in [0.25, 0.3) is 5.91 Å². The van der Waals surface area contributed by atoms with Gasteiger partial charge >= 0.3 is 0 Å². The molecule has 0 radical (unpaired) electrons. The number of rotatable bonds is 1. The van der Waals surface area contributed by atoms with Crippen LogP contribution in [0.3, 0.4) is 0 Å². The van der Waals surface area contributed by atoms with E-state index >= 15 is 0 Å². The molecular weight excluding hydrogens is 344 g/mol. The Kier molecular flexibility index (Phi) is 3.43. The van der Waals surface area contributed by atoms with Crippen LogP contribution >= 0.6 is 11.3 Å². The Labute approximate surface area is 155 Å². The fourth-order valence-electron chi connectivity index (χ4n) is 3.72. The second-order valence-electron chi connectivity index (χ2n) is 6.58. The number of thiophene rings is 1. The van der Waals surface area contributed by atoms with Crippen molar-refractivity contribution in [2.75, 3.05) is 16.8 Å². The summed E-state index contributed by atoms with van der Waals surface area (Å²) in [6.45, 7) is 0.0506. The molecule has 4 nitrogen and oxygen atoms in total. The van der Waals surface area contributed by atoms with Crippen LogP contribution in [0.1, 0.15) is 20.8 Å². The van der Waals surface area contributed by atoms with E-state index in [1.54, 1.807) is 4.90 Å². The molecule has 128 valence electrons. The van der Waals surface area contributed by atoms with Crippen LogP contribution in [0, 0.1) is 0 Å². The lowest BCUT2D eigenvalue weighted by molar-refractivity contribution is -0.115. The minimum atomic E-state index is -0.163. The Morgan fingerprint density at radius 1 is 1.00 bits per heavy atom. The molecule has 0 saturated carbocycles. The van der Waals surface area contributed by atoms with Gasteiger partial charge in [0.05, 0.1) is 16.3 Å². The number of hydrogen-bond donors (Lipinski definition) is 1. The summed E-state index contributed by atoms with van der Waals surface area (Å²) in [6, 6.07) is 17.8. The Balaban J connectivity index is 1.56. The number of nitrogens with zero attached hydrogens (tertiary/aromatic N) is 1. The van der Waals surface area contributed by atoms with E-state index in [2.05, 4.69) is 23.5 Å². The highest BCUT2D eigenvalue weighted by molar-refractivity contribution is 7.17. The van der Waals surface area contributed by atoms with Gasteiger partial charge in [0.15, 0.2) is 0 Å². The second kappa shape index (κ2) is 5.81. The Bertz CT molecular complexity index is 1050. The third-order valence-electron chi connectivity index (χ3n) is 4.96. The van der Waals surface area contributed by atoms with Crippen molar-refractivity contribution in [1.29, 1.82) is 0 Å². The van der Waals surface area contributed by atoms with Crippen LogP contribution in [0.25, 0.3) is 10.4 Å². The predicted octanol–water partition coefficient (Wildman–Crippen LogP) is 4.11. The van der Waals surface area contributed by atoms with E-state index in [4.69, 9.17) is 0 Å². The van der Waals surface area contributed by atoms with Crippen LogP contribution < -0.4 is 10.2 Å². The van der Waals surface area contributed by atoms with Gasteiger partial charge in [0, 0.05) is 4.88 Å². The molecule has 0 saturated heterocycles. The lowest BCUT2D eigenvalue weighted by Crippen LogP contribution is -2.41. The largest absolute Gasteiger partial charge is 0.323 e. The quantitative estimate of drug-likeness (QED) is 0.710. The minimum Gasteiger partial charge on any atom is -0.323 e. The fraction of sp³-hybridized carbons (Fsp3) is 0.143. The molecule has 2 aliphatic rings. The van der Waals surface area contributed by atoms with Gasteiger partial charge in [-0.1, -0.05) is 36.4 Å². The van der Waals surface area contributed by atoms with Crippen LogP contribution in [0.2, 0.25) is 0 Å². The van der Waals surface area contributed by atoms with Crippen LogP contribution in [0.15, 0.2) is 54.6 Å². The van der Waals surface area contributed by atoms with Crippen LogP contribution in [0.4, 0.5) is 11.4 Å². The number of carbonyl (C=O) groups is 2. The van der Waals surface area contributed by atoms with Gasteiger partial charge in [0.1, 0.15) is 6.54 Å². The van der Waals surface area contributed by atoms with Crippen LogP contribution in [-0.2, 0) is 17.6 Å². The number of aryl methyl sites for hydroxylation is 2. The zero-order valence-corrected chi connectivity index (χ0v) is 14.8. The standard InChI is InChI=1S/C21H16N2O2S/c24-19-12-23(17-8-4-3-7-16(17)22-19)21(25)18-11-14-10-9-13-5-1-2-6-15(13)20(14)26-18/h1-8,11H,9-10,12H2,(H,22,24). The van der Waals surface area contributed by atoms with Gasteiger partial charge in [-0.15, -0.1) is 11.3 Å². The summed E-state index contributed by atoms with van der Waals surface area (Å²) in [5, 5.41) is 2.83. The van der Waals surface area contributed by atoms with Gasteiger partial charge in [-0.2, -0.15) is 0 Å². The molecule has 2 heterocycles. The molecule has 2 amide bonds. The van der Waals surface area contributed by atoms with E-state index in [0.29, 0.717) is 10.6 Å². The van der Waals surface area contributed by atoms with Crippen molar-refractivity contribution in [2.45, 2.75) is 12.8 Å². The van der Waals surface area contributed by atoms with Crippen molar-refractivity contribution in [1.82, 2.24) is 0 Å². The number of benzene rings is 2. The highest BCUT2D eigenvalue weighted by Crippen LogP contribution is 2.40. The van der Waals surface area contributed by atoms with E-state index < -0.39 is 0 Å². The molecule has 0 bridgehead atoms. The maximum Gasteiger partial charge on any atom is 0.268 e. The van der Waals surface area contributed by atoms with Crippen molar-refractivity contribution in [2.24, 2.45) is 0 Å². The molecule has 0 spiro atoms. The number of amides is 2. The summed E-state index contributed by atoms with van der Waals surface area (Å²) >= 11 is 1.53. The van der Waals surface area contributed by atoms with E-state index in [0.717, 1.165) is 18.5 Å². The molecule has 5 heteroatoms. The molecule has 0 unspecified atom stereocenters. The average Bonchev–Trinajstić information content (AvgIpc) is 3.11. The summed E-state index contributed by atoms with van der Waals surface area (Å²) in [7, 11) is 0. The van der Waals surface area contributed by atoms with Crippen molar-refractivity contribution in [3.63, 3.8) is 0 Å². The van der Waals surface area contributed by atoms with Gasteiger partial charge < -0.3 is 5.32 Å². The topological polar surface area (TPSA) is 49.4 Å². The highest BCUT2D eigenvalue weighted by Gasteiger charge is 2.30. The monoisotopic (exact) mass is 360 g/mol. The first-order chi connectivity index (χ1) is 12.7. The maximum absolute atomic E-state index is 13.2. The average molecular weight is 360 g/mol. The Hall–Kier alpha value is -2.92. The Morgan fingerprint density at radius 3 is 2.69 bits per heavy atom. The summed E-state index contributed by atoms with van der Waals surface area (Å²) in [6.07, 6.45) is 1.95. The normalized spacial score (nSPS) is 14.9. The molecule has 0 fully saturated rings. The van der Waals surface area contributed by atoms with E-state index in [9.17, 15) is 9.59 Å².